The molecule has 1 saturated heterocycles. The van der Waals surface area contributed by atoms with Crippen molar-refractivity contribution in [3.05, 3.63) is 0 Å². The van der Waals surface area contributed by atoms with Gasteiger partial charge < -0.3 is 31.4 Å². The molecule has 2 fully saturated rings. The lowest BCUT2D eigenvalue weighted by Crippen LogP contribution is -2.59. The van der Waals surface area contributed by atoms with Crippen molar-refractivity contribution in [1.29, 1.82) is 0 Å². The molecule has 2 aliphatic rings. The van der Waals surface area contributed by atoms with Gasteiger partial charge in [0.05, 0.1) is 6.04 Å². The largest absolute Gasteiger partial charge is 0.356 e. The number of carbonyl (C=O) groups is 5. The van der Waals surface area contributed by atoms with Crippen molar-refractivity contribution >= 4 is 30.0 Å². The van der Waals surface area contributed by atoms with E-state index in [0.717, 1.165) is 12.8 Å². The topological polar surface area (TPSA) is 146 Å². The molecule has 0 radical (unpaired) electrons. The van der Waals surface area contributed by atoms with Crippen molar-refractivity contribution in [2.24, 2.45) is 17.8 Å². The molecule has 1 aliphatic heterocycles. The molecule has 33 heavy (non-hydrogen) atoms. The minimum atomic E-state index is -0.828. The summed E-state index contributed by atoms with van der Waals surface area (Å²) >= 11 is 0. The quantitative estimate of drug-likeness (QED) is 0.284. The smallest absolute Gasteiger partial charge is 0.315 e. The molecule has 1 aliphatic carbocycles. The van der Waals surface area contributed by atoms with E-state index in [4.69, 9.17) is 0 Å². The molecule has 0 bridgehead atoms. The second-order valence-corrected chi connectivity index (χ2v) is 10.6. The Hall–Kier alpha value is -2.65. The molecule has 5 amide bonds. The summed E-state index contributed by atoms with van der Waals surface area (Å²) in [5.74, 6) is -1.19. The van der Waals surface area contributed by atoms with E-state index in [2.05, 4.69) is 26.6 Å². The van der Waals surface area contributed by atoms with Crippen LogP contribution in [0.3, 0.4) is 0 Å². The highest BCUT2D eigenvalue weighted by molar-refractivity contribution is 5.93. The third kappa shape index (κ3) is 9.01. The maximum Gasteiger partial charge on any atom is 0.315 e. The van der Waals surface area contributed by atoms with Crippen LogP contribution < -0.4 is 26.6 Å². The van der Waals surface area contributed by atoms with Crippen molar-refractivity contribution in [3.63, 3.8) is 0 Å². The third-order valence-corrected chi connectivity index (χ3v) is 5.82. The average Bonchev–Trinajstić information content (AvgIpc) is 3.43. The number of hydrogen-bond acceptors (Lipinski definition) is 5. The number of amides is 5. The normalized spacial score (nSPS) is 20.9. The third-order valence-electron chi connectivity index (χ3n) is 5.82. The Morgan fingerprint density at radius 2 is 1.70 bits per heavy atom. The van der Waals surface area contributed by atoms with Gasteiger partial charge in [0.2, 0.25) is 17.7 Å². The van der Waals surface area contributed by atoms with Crippen LogP contribution in [0.5, 0.6) is 0 Å². The maximum absolute atomic E-state index is 13.0. The second kappa shape index (κ2) is 11.5. The second-order valence-electron chi connectivity index (χ2n) is 10.6. The Morgan fingerprint density at radius 3 is 2.18 bits per heavy atom. The standard InChI is InChI=1S/C23H39N5O5/c1-13(2)18(27-22(33)28-23(3,4)5)21(32)26-17(10-14-6-7-14)20(31)25-16(12-29)11-15-8-9-24-19(15)30/h12-18H,6-11H2,1-5H3,(H,24,30)(H,25,31)(H,26,32)(H2,27,28,33). The zero-order valence-electron chi connectivity index (χ0n) is 20.3. The number of urea groups is 1. The van der Waals surface area contributed by atoms with E-state index in [9.17, 15) is 24.0 Å². The van der Waals surface area contributed by atoms with Gasteiger partial charge in [0.15, 0.2) is 0 Å². The first kappa shape index (κ1) is 26.6. The lowest BCUT2D eigenvalue weighted by atomic mass is 9.98. The van der Waals surface area contributed by atoms with Crippen LogP contribution in [0, 0.1) is 17.8 Å². The summed E-state index contributed by atoms with van der Waals surface area (Å²) in [5, 5.41) is 13.7. The van der Waals surface area contributed by atoms with Crippen LogP contribution >= 0.6 is 0 Å². The summed E-state index contributed by atoms with van der Waals surface area (Å²) in [5.41, 5.74) is -0.462. The van der Waals surface area contributed by atoms with Crippen LogP contribution in [-0.4, -0.2) is 60.2 Å². The molecule has 0 aromatic carbocycles. The molecule has 1 heterocycles. The predicted octanol–water partition coefficient (Wildman–Crippen LogP) is 0.604. The van der Waals surface area contributed by atoms with Crippen molar-refractivity contribution < 1.29 is 24.0 Å². The van der Waals surface area contributed by atoms with Crippen molar-refractivity contribution in [2.45, 2.75) is 90.4 Å². The molecule has 186 valence electrons. The molecule has 2 rings (SSSR count). The number of nitrogens with one attached hydrogen (secondary N) is 5. The molecule has 10 nitrogen and oxygen atoms in total. The molecule has 0 spiro atoms. The first-order chi connectivity index (χ1) is 15.4. The van der Waals surface area contributed by atoms with Crippen LogP contribution in [0.2, 0.25) is 0 Å². The van der Waals surface area contributed by atoms with Gasteiger partial charge in [-0.1, -0.05) is 26.7 Å². The molecule has 10 heteroatoms. The SMILES string of the molecule is CC(C)C(NC(=O)NC(C)(C)C)C(=O)NC(CC1CC1)C(=O)NC(C=O)CC1CCNC1=O. The molecule has 0 aromatic heterocycles. The maximum atomic E-state index is 13.0. The fraction of sp³-hybridized carbons (Fsp3) is 0.783. The van der Waals surface area contributed by atoms with Gasteiger partial charge in [0.25, 0.3) is 0 Å². The molecular weight excluding hydrogens is 426 g/mol. The molecule has 1 saturated carbocycles. The monoisotopic (exact) mass is 465 g/mol. The van der Waals surface area contributed by atoms with Crippen LogP contribution in [0.4, 0.5) is 4.79 Å². The highest BCUT2D eigenvalue weighted by Crippen LogP contribution is 2.33. The summed E-state index contributed by atoms with van der Waals surface area (Å²) < 4.78 is 0. The van der Waals surface area contributed by atoms with Gasteiger partial charge in [-0.25, -0.2) is 4.79 Å². The van der Waals surface area contributed by atoms with Gasteiger partial charge >= 0.3 is 6.03 Å². The van der Waals surface area contributed by atoms with Gasteiger partial charge in [0.1, 0.15) is 18.4 Å². The van der Waals surface area contributed by atoms with Gasteiger partial charge in [-0.15, -0.1) is 0 Å². The van der Waals surface area contributed by atoms with Crippen molar-refractivity contribution in [1.82, 2.24) is 26.6 Å². The van der Waals surface area contributed by atoms with Crippen LogP contribution in [-0.2, 0) is 19.2 Å². The van der Waals surface area contributed by atoms with E-state index in [-0.39, 0.29) is 24.2 Å². The first-order valence-electron chi connectivity index (χ1n) is 11.8. The van der Waals surface area contributed by atoms with E-state index in [1.807, 2.05) is 34.6 Å². The number of aldehydes is 1. The highest BCUT2D eigenvalue weighted by atomic mass is 16.2. The van der Waals surface area contributed by atoms with Gasteiger partial charge in [-0.05, 0) is 51.9 Å². The molecule has 5 N–H and O–H groups in total. The number of hydrogen-bond donors (Lipinski definition) is 5. The van der Waals surface area contributed by atoms with Gasteiger partial charge in [0, 0.05) is 18.0 Å². The van der Waals surface area contributed by atoms with E-state index >= 15 is 0 Å². The Bertz CT molecular complexity index is 744. The summed E-state index contributed by atoms with van der Waals surface area (Å²) in [7, 11) is 0. The number of rotatable bonds is 11. The van der Waals surface area contributed by atoms with E-state index in [1.165, 1.54) is 0 Å². The van der Waals surface area contributed by atoms with Crippen molar-refractivity contribution in [2.75, 3.05) is 6.54 Å². The Morgan fingerprint density at radius 1 is 1.03 bits per heavy atom. The van der Waals surface area contributed by atoms with Gasteiger partial charge in [-0.2, -0.15) is 0 Å². The zero-order chi connectivity index (χ0) is 24.8. The molecule has 4 unspecified atom stereocenters. The fourth-order valence-corrected chi connectivity index (χ4v) is 3.84. The van der Waals surface area contributed by atoms with Crippen LogP contribution in [0.15, 0.2) is 0 Å². The minimum Gasteiger partial charge on any atom is -0.356 e. The Balaban J connectivity index is 2.02. The average molecular weight is 466 g/mol. The molecule has 0 aromatic rings. The summed E-state index contributed by atoms with van der Waals surface area (Å²) in [6, 6.07) is -2.92. The number of carbonyl (C=O) groups excluding carboxylic acids is 5. The minimum absolute atomic E-state index is 0.113. The fourth-order valence-electron chi connectivity index (χ4n) is 3.84. The van der Waals surface area contributed by atoms with Gasteiger partial charge in [-0.3, -0.25) is 14.4 Å². The Kier molecular flexibility index (Phi) is 9.25. The van der Waals surface area contributed by atoms with E-state index < -0.39 is 41.5 Å². The molecular formula is C23H39N5O5. The summed E-state index contributed by atoms with van der Waals surface area (Å²) in [6.07, 6.45) is 3.92. The lowest BCUT2D eigenvalue weighted by Gasteiger charge is -2.28. The predicted molar refractivity (Wildman–Crippen MR) is 123 cm³/mol. The highest BCUT2D eigenvalue weighted by Gasteiger charge is 2.35. The zero-order valence-corrected chi connectivity index (χ0v) is 20.3. The summed E-state index contributed by atoms with van der Waals surface area (Å²) in [4.78, 5) is 61.7. The van der Waals surface area contributed by atoms with Crippen LogP contribution in [0.25, 0.3) is 0 Å². The van der Waals surface area contributed by atoms with E-state index in [0.29, 0.717) is 31.6 Å². The van der Waals surface area contributed by atoms with Crippen molar-refractivity contribution in [3.8, 4) is 0 Å². The Labute approximate surface area is 195 Å². The van der Waals surface area contributed by atoms with E-state index in [1.54, 1.807) is 0 Å². The van der Waals surface area contributed by atoms with Crippen LogP contribution in [0.1, 0.15) is 66.7 Å². The lowest BCUT2D eigenvalue weighted by molar-refractivity contribution is -0.131. The first-order valence-corrected chi connectivity index (χ1v) is 11.8. The molecule has 4 atom stereocenters. The summed E-state index contributed by atoms with van der Waals surface area (Å²) in [6.45, 7) is 9.71.